The summed E-state index contributed by atoms with van der Waals surface area (Å²) in [7, 11) is -3.35. The lowest BCUT2D eigenvalue weighted by Gasteiger charge is -2.20. The van der Waals surface area contributed by atoms with E-state index in [1.807, 2.05) is 0 Å². The minimum Gasteiger partial charge on any atom is -0.296 e. The molecule has 1 heterocycles. The summed E-state index contributed by atoms with van der Waals surface area (Å²) in [4.78, 5) is 12.3. The summed E-state index contributed by atoms with van der Waals surface area (Å²) in [5.41, 5.74) is 0.921. The molecule has 0 aliphatic carbocycles. The number of thioether (sulfide) groups is 1. The monoisotopic (exact) mass is 398 g/mol. The first-order chi connectivity index (χ1) is 11.8. The minimum absolute atomic E-state index is 0.320. The molecule has 7 nitrogen and oxygen atoms in total. The highest BCUT2D eigenvalue weighted by Crippen LogP contribution is 2.26. The van der Waals surface area contributed by atoms with Crippen LogP contribution in [0.2, 0.25) is 0 Å². The highest BCUT2D eigenvalue weighted by atomic mass is 32.2. The number of carbonyl (C=O) groups is 1. The van der Waals surface area contributed by atoms with Crippen molar-refractivity contribution in [3.05, 3.63) is 42.5 Å². The Balaban J connectivity index is 2.07. The Kier molecular flexibility index (Phi) is 6.57. The maximum Gasteiger partial charge on any atom is 0.257 e. The third-order valence-electron chi connectivity index (χ3n) is 3.06. The normalized spacial score (nSPS) is 11.1. The highest BCUT2D eigenvalue weighted by molar-refractivity contribution is 8.01. The maximum atomic E-state index is 12.3. The molecule has 0 spiro atoms. The van der Waals surface area contributed by atoms with E-state index in [2.05, 4.69) is 22.1 Å². The van der Waals surface area contributed by atoms with Gasteiger partial charge in [-0.1, -0.05) is 29.2 Å². The number of carbonyl (C=O) groups excluding carboxylic acids is 1. The van der Waals surface area contributed by atoms with E-state index in [1.54, 1.807) is 37.3 Å². The molecular weight excluding hydrogens is 380 g/mol. The van der Waals surface area contributed by atoms with Gasteiger partial charge in [0.05, 0.1) is 11.9 Å². The second-order valence-electron chi connectivity index (χ2n) is 4.90. The molecule has 10 heteroatoms. The largest absolute Gasteiger partial charge is 0.296 e. The molecule has 1 aromatic carbocycles. The zero-order chi connectivity index (χ0) is 18.4. The number of sulfonamides is 1. The van der Waals surface area contributed by atoms with Crippen LogP contribution >= 0.6 is 23.1 Å². The van der Waals surface area contributed by atoms with Gasteiger partial charge in [0.2, 0.25) is 15.2 Å². The van der Waals surface area contributed by atoms with Crippen LogP contribution in [-0.4, -0.2) is 43.1 Å². The van der Waals surface area contributed by atoms with Crippen molar-refractivity contribution in [1.82, 2.24) is 10.2 Å². The van der Waals surface area contributed by atoms with E-state index in [1.165, 1.54) is 27.4 Å². The molecule has 1 N–H and O–H groups in total. The van der Waals surface area contributed by atoms with Gasteiger partial charge < -0.3 is 0 Å². The fraction of sp³-hybridized carbons (Fsp3) is 0.267. The SMILES string of the molecule is C=CCSc1nnc(NC(=O)c2ccc(N(CC)S(C)(=O)=O)cc2)s1. The van der Waals surface area contributed by atoms with Crippen molar-refractivity contribution in [3.63, 3.8) is 0 Å². The highest BCUT2D eigenvalue weighted by Gasteiger charge is 2.16. The van der Waals surface area contributed by atoms with Gasteiger partial charge in [0.15, 0.2) is 4.34 Å². The Morgan fingerprint density at radius 1 is 1.36 bits per heavy atom. The van der Waals surface area contributed by atoms with Gasteiger partial charge in [-0.3, -0.25) is 14.4 Å². The fourth-order valence-corrected chi connectivity index (χ4v) is 4.49. The van der Waals surface area contributed by atoms with Crippen molar-refractivity contribution in [2.24, 2.45) is 0 Å². The molecule has 0 radical (unpaired) electrons. The zero-order valence-corrected chi connectivity index (χ0v) is 16.2. The van der Waals surface area contributed by atoms with Gasteiger partial charge in [-0.2, -0.15) is 0 Å². The number of hydrogen-bond donors (Lipinski definition) is 1. The Morgan fingerprint density at radius 3 is 2.60 bits per heavy atom. The average Bonchev–Trinajstić information content (AvgIpc) is 3.00. The average molecular weight is 399 g/mol. The van der Waals surface area contributed by atoms with E-state index in [9.17, 15) is 13.2 Å². The van der Waals surface area contributed by atoms with E-state index < -0.39 is 10.0 Å². The Morgan fingerprint density at radius 2 is 2.04 bits per heavy atom. The van der Waals surface area contributed by atoms with Crippen molar-refractivity contribution in [2.45, 2.75) is 11.3 Å². The predicted molar refractivity (Wildman–Crippen MR) is 103 cm³/mol. The Labute approximate surface area is 155 Å². The molecule has 25 heavy (non-hydrogen) atoms. The molecule has 0 aliphatic heterocycles. The van der Waals surface area contributed by atoms with E-state index in [-0.39, 0.29) is 5.91 Å². The zero-order valence-electron chi connectivity index (χ0n) is 13.8. The molecule has 0 bridgehead atoms. The first kappa shape index (κ1) is 19.4. The fourth-order valence-electron chi connectivity index (χ4n) is 2.01. The van der Waals surface area contributed by atoms with Gasteiger partial charge >= 0.3 is 0 Å². The standard InChI is InChI=1S/C15H18N4O3S3/c1-4-10-23-15-18-17-14(24-15)16-13(20)11-6-8-12(9-7-11)19(5-2)25(3,21)22/h4,6-9H,1,5,10H2,2-3H3,(H,16,17,20). The number of nitrogens with zero attached hydrogens (tertiary/aromatic N) is 3. The van der Waals surface area contributed by atoms with E-state index in [0.29, 0.717) is 22.9 Å². The number of aromatic nitrogens is 2. The number of rotatable bonds is 8. The second-order valence-corrected chi connectivity index (χ2v) is 9.05. The van der Waals surface area contributed by atoms with Gasteiger partial charge in [0.1, 0.15) is 0 Å². The summed E-state index contributed by atoms with van der Waals surface area (Å²) in [5, 5.41) is 11.0. The summed E-state index contributed by atoms with van der Waals surface area (Å²) in [6, 6.07) is 6.36. The number of benzene rings is 1. The van der Waals surface area contributed by atoms with Crippen molar-refractivity contribution >= 4 is 49.8 Å². The van der Waals surface area contributed by atoms with Crippen LogP contribution in [0.5, 0.6) is 0 Å². The summed E-state index contributed by atoms with van der Waals surface area (Å²) in [6.07, 6.45) is 2.91. The molecule has 0 aliphatic rings. The number of amides is 1. The van der Waals surface area contributed by atoms with E-state index in [4.69, 9.17) is 0 Å². The van der Waals surface area contributed by atoms with E-state index >= 15 is 0 Å². The van der Waals surface area contributed by atoms with Crippen LogP contribution in [-0.2, 0) is 10.0 Å². The topological polar surface area (TPSA) is 92.3 Å². The van der Waals surface area contributed by atoms with Crippen LogP contribution in [0.3, 0.4) is 0 Å². The minimum atomic E-state index is -3.35. The molecule has 2 aromatic rings. The van der Waals surface area contributed by atoms with Gasteiger partial charge in [-0.05, 0) is 31.2 Å². The third-order valence-corrected chi connectivity index (χ3v) is 6.29. The van der Waals surface area contributed by atoms with E-state index in [0.717, 1.165) is 16.3 Å². The third kappa shape index (κ3) is 5.28. The molecule has 2 rings (SSSR count). The van der Waals surface area contributed by atoms with Crippen molar-refractivity contribution in [1.29, 1.82) is 0 Å². The molecule has 0 saturated heterocycles. The molecule has 0 atom stereocenters. The Bertz CT molecular complexity index is 847. The summed E-state index contributed by atoms with van der Waals surface area (Å²) in [5.74, 6) is 0.392. The van der Waals surface area contributed by atoms with Crippen molar-refractivity contribution in [3.8, 4) is 0 Å². The summed E-state index contributed by atoms with van der Waals surface area (Å²) < 4.78 is 25.5. The maximum absolute atomic E-state index is 12.3. The summed E-state index contributed by atoms with van der Waals surface area (Å²) >= 11 is 2.77. The van der Waals surface area contributed by atoms with Gasteiger partial charge in [-0.25, -0.2) is 8.42 Å². The van der Waals surface area contributed by atoms with Crippen LogP contribution < -0.4 is 9.62 Å². The molecule has 0 saturated carbocycles. The Hall–Kier alpha value is -1.91. The second kappa shape index (κ2) is 8.45. The number of hydrogen-bond acceptors (Lipinski definition) is 7. The lowest BCUT2D eigenvalue weighted by Crippen LogP contribution is -2.29. The smallest absolute Gasteiger partial charge is 0.257 e. The molecule has 0 unspecified atom stereocenters. The van der Waals surface area contributed by atoms with Gasteiger partial charge in [0.25, 0.3) is 5.91 Å². The molecule has 1 aromatic heterocycles. The van der Waals surface area contributed by atoms with Crippen LogP contribution in [0.25, 0.3) is 0 Å². The van der Waals surface area contributed by atoms with Crippen LogP contribution in [0.15, 0.2) is 41.3 Å². The predicted octanol–water partition coefficient (Wildman–Crippen LogP) is 2.85. The number of nitrogens with one attached hydrogen (secondary N) is 1. The first-order valence-corrected chi connectivity index (χ1v) is 11.0. The van der Waals surface area contributed by atoms with Crippen molar-refractivity contribution in [2.75, 3.05) is 28.2 Å². The molecule has 0 fully saturated rings. The quantitative estimate of drug-likeness (QED) is 0.418. The molecule has 134 valence electrons. The lowest BCUT2D eigenvalue weighted by molar-refractivity contribution is 0.102. The first-order valence-electron chi connectivity index (χ1n) is 7.31. The molecule has 1 amide bonds. The van der Waals surface area contributed by atoms with Crippen LogP contribution in [0.1, 0.15) is 17.3 Å². The number of anilines is 2. The molecular formula is C15H18N4O3S3. The van der Waals surface area contributed by atoms with Gasteiger partial charge in [0, 0.05) is 17.9 Å². The van der Waals surface area contributed by atoms with Gasteiger partial charge in [-0.15, -0.1) is 16.8 Å². The van der Waals surface area contributed by atoms with Crippen LogP contribution in [0, 0.1) is 0 Å². The summed E-state index contributed by atoms with van der Waals surface area (Å²) in [6.45, 7) is 5.70. The van der Waals surface area contributed by atoms with Crippen molar-refractivity contribution < 1.29 is 13.2 Å². The van der Waals surface area contributed by atoms with Crippen LogP contribution in [0.4, 0.5) is 10.8 Å². The lowest BCUT2D eigenvalue weighted by atomic mass is 10.2.